The average Bonchev–Trinajstić information content (AvgIpc) is 3.74. The van der Waals surface area contributed by atoms with Crippen LogP contribution in [0.1, 0.15) is 117 Å². The van der Waals surface area contributed by atoms with Crippen LogP contribution in [-0.4, -0.2) is 114 Å². The second-order valence-electron chi connectivity index (χ2n) is 19.6. The number of aromatic nitrogens is 6. The van der Waals surface area contributed by atoms with Gasteiger partial charge in [0, 0.05) is 82.4 Å². The molecule has 6 heterocycles. The van der Waals surface area contributed by atoms with Crippen LogP contribution < -0.4 is 21.6 Å². The number of piperazine rings is 1. The number of hydrogen-bond acceptors (Lipinski definition) is 12. The van der Waals surface area contributed by atoms with Crippen molar-refractivity contribution in [3.8, 4) is 11.5 Å². The summed E-state index contributed by atoms with van der Waals surface area (Å²) in [6.07, 6.45) is 12.5. The number of nitrogens with one attached hydrogen (secondary N) is 3. The predicted octanol–water partition coefficient (Wildman–Crippen LogP) is 5.78. The van der Waals surface area contributed by atoms with Gasteiger partial charge in [0.05, 0.1) is 35.5 Å². The normalized spacial score (nSPS) is 23.9. The molecule has 5 aromatic rings. The smallest absolute Gasteiger partial charge is 0.329 e. The first-order chi connectivity index (χ1) is 33.0. The molecule has 5 aliphatic rings. The van der Waals surface area contributed by atoms with Crippen LogP contribution in [0.15, 0.2) is 58.2 Å². The van der Waals surface area contributed by atoms with Crippen molar-refractivity contribution in [2.24, 2.45) is 18.9 Å². The Balaban J connectivity index is 0.610. The van der Waals surface area contributed by atoms with Gasteiger partial charge < -0.3 is 19.8 Å². The van der Waals surface area contributed by atoms with Crippen molar-refractivity contribution in [3.05, 3.63) is 82.1 Å². The van der Waals surface area contributed by atoms with Crippen LogP contribution >= 0.6 is 0 Å². The number of rotatable bonds is 18. The molecule has 3 aliphatic carbocycles. The number of fused-ring (bicyclic) bond motifs is 1. The maximum absolute atomic E-state index is 14.2. The van der Waals surface area contributed by atoms with E-state index in [0.717, 1.165) is 120 Å². The van der Waals surface area contributed by atoms with Crippen molar-refractivity contribution in [2.45, 2.75) is 114 Å². The van der Waals surface area contributed by atoms with E-state index in [1.807, 2.05) is 24.3 Å². The molecular weight excluding hydrogens is 877 g/mol. The van der Waals surface area contributed by atoms with Gasteiger partial charge in [-0.15, -0.1) is 0 Å². The summed E-state index contributed by atoms with van der Waals surface area (Å²) in [6, 6.07) is 9.39. The number of hydrogen-bond donors (Lipinski definition) is 3. The molecule has 5 fully saturated rings. The SMILES string of the molecule is Cn1c(=O)n(C2CCC(=O)NC2=O)c2ccc(CN3CCN(CCOC4CC(NCC5CCC(n6cc(NC(=O)c7coc(-c8ccnc(CCC9CC9)c8)n7)c(C(F)F)n6)CC5)C4)CC3)cc21. The topological polar surface area (TPSA) is 187 Å². The highest BCUT2D eigenvalue weighted by atomic mass is 19.3. The van der Waals surface area contributed by atoms with Crippen molar-refractivity contribution >= 4 is 34.4 Å². The van der Waals surface area contributed by atoms with Crippen LogP contribution in [0, 0.1) is 11.8 Å². The second-order valence-corrected chi connectivity index (χ2v) is 19.6. The van der Waals surface area contributed by atoms with Crippen LogP contribution in [-0.2, 0) is 34.3 Å². The molecule has 1 atom stereocenters. The Morgan fingerprint density at radius 1 is 0.956 bits per heavy atom. The number of imide groups is 1. The zero-order chi connectivity index (χ0) is 46.9. The van der Waals surface area contributed by atoms with E-state index in [-0.39, 0.29) is 47.4 Å². The molecule has 3 saturated carbocycles. The molecule has 362 valence electrons. The number of halogens is 2. The number of carbonyl (C=O) groups excluding carboxylic acids is 3. The number of piperidine rings is 1. The fraction of sp³-hybridized carbons (Fsp3) is 0.571. The molecule has 10 rings (SSSR count). The van der Waals surface area contributed by atoms with Crippen molar-refractivity contribution in [2.75, 3.05) is 51.2 Å². The van der Waals surface area contributed by atoms with Gasteiger partial charge in [0.25, 0.3) is 12.3 Å². The molecule has 0 radical (unpaired) electrons. The van der Waals surface area contributed by atoms with E-state index in [1.165, 1.54) is 29.9 Å². The minimum atomic E-state index is -2.85. The number of benzene rings is 1. The highest BCUT2D eigenvalue weighted by Gasteiger charge is 2.34. The standard InChI is InChI=1S/C49H61F2N11O6/c1-58-42-22-32(7-11-40(42)62(49(58)66)41-12-13-43(63)56-47(41)65)27-60-18-16-59(17-19-60)20-21-67-37-24-35(25-37)53-26-31-5-9-36(10-6-31)61-28-38(44(57-61)45(50)51)54-46(64)39-29-68-48(55-39)33-14-15-52-34(23-33)8-4-30-2-3-30/h7,11,14-15,22-23,28-31,35-37,41,45,53H,2-6,8-10,12-13,16-21,24-27H2,1H3,(H,54,64)(H,56,63,65). The Morgan fingerprint density at radius 3 is 2.50 bits per heavy atom. The number of pyridine rings is 1. The van der Waals surface area contributed by atoms with Gasteiger partial charge in [-0.05, 0) is 106 Å². The van der Waals surface area contributed by atoms with Crippen LogP contribution in [0.5, 0.6) is 0 Å². The Morgan fingerprint density at radius 2 is 1.74 bits per heavy atom. The number of ether oxygens (including phenoxy) is 1. The van der Waals surface area contributed by atoms with Gasteiger partial charge in [0.15, 0.2) is 11.4 Å². The average molecular weight is 938 g/mol. The van der Waals surface area contributed by atoms with E-state index in [1.54, 1.807) is 28.6 Å². The first kappa shape index (κ1) is 46.1. The zero-order valence-electron chi connectivity index (χ0n) is 38.6. The number of carbonyl (C=O) groups is 3. The number of imidazole rings is 1. The molecule has 3 N–H and O–H groups in total. The van der Waals surface area contributed by atoms with E-state index < -0.39 is 30.0 Å². The van der Waals surface area contributed by atoms with Gasteiger partial charge in [-0.3, -0.25) is 48.3 Å². The van der Waals surface area contributed by atoms with E-state index in [0.29, 0.717) is 36.1 Å². The van der Waals surface area contributed by atoms with Crippen molar-refractivity contribution in [1.29, 1.82) is 0 Å². The molecule has 1 aromatic carbocycles. The zero-order valence-corrected chi connectivity index (χ0v) is 38.6. The summed E-state index contributed by atoms with van der Waals surface area (Å²) in [5.41, 5.74) is 3.50. The van der Waals surface area contributed by atoms with E-state index in [2.05, 4.69) is 40.8 Å². The van der Waals surface area contributed by atoms with Crippen molar-refractivity contribution in [1.82, 2.24) is 49.3 Å². The molecule has 1 unspecified atom stereocenters. The largest absolute Gasteiger partial charge is 0.444 e. The quantitative estimate of drug-likeness (QED) is 0.0901. The van der Waals surface area contributed by atoms with Gasteiger partial charge in [0.2, 0.25) is 17.7 Å². The summed E-state index contributed by atoms with van der Waals surface area (Å²) >= 11 is 0. The third-order valence-corrected chi connectivity index (χ3v) is 14.8. The Labute approximate surface area is 393 Å². The molecule has 68 heavy (non-hydrogen) atoms. The number of anilines is 1. The molecular formula is C49H61F2N11O6. The molecule has 0 bridgehead atoms. The molecule has 17 nitrogen and oxygen atoms in total. The van der Waals surface area contributed by atoms with Crippen LogP contribution in [0.25, 0.3) is 22.5 Å². The summed E-state index contributed by atoms with van der Waals surface area (Å²) in [5.74, 6) is 0.181. The monoisotopic (exact) mass is 937 g/mol. The van der Waals surface area contributed by atoms with Crippen molar-refractivity contribution in [3.63, 3.8) is 0 Å². The van der Waals surface area contributed by atoms with Crippen LogP contribution in [0.2, 0.25) is 0 Å². The fourth-order valence-electron chi connectivity index (χ4n) is 10.4. The summed E-state index contributed by atoms with van der Waals surface area (Å²) in [4.78, 5) is 64.3. The van der Waals surface area contributed by atoms with E-state index in [4.69, 9.17) is 9.15 Å². The summed E-state index contributed by atoms with van der Waals surface area (Å²) in [7, 11) is 1.72. The number of amides is 3. The van der Waals surface area contributed by atoms with Gasteiger partial charge in [-0.1, -0.05) is 18.9 Å². The molecule has 2 aliphatic heterocycles. The van der Waals surface area contributed by atoms with Gasteiger partial charge in [-0.2, -0.15) is 5.10 Å². The van der Waals surface area contributed by atoms with Crippen molar-refractivity contribution < 1.29 is 32.3 Å². The maximum Gasteiger partial charge on any atom is 0.329 e. The minimum Gasteiger partial charge on any atom is -0.444 e. The Bertz CT molecular complexity index is 2670. The van der Waals surface area contributed by atoms with Gasteiger partial charge >= 0.3 is 5.69 Å². The lowest BCUT2D eigenvalue weighted by molar-refractivity contribution is -0.135. The highest BCUT2D eigenvalue weighted by Crippen LogP contribution is 2.36. The van der Waals surface area contributed by atoms with Crippen LogP contribution in [0.4, 0.5) is 14.5 Å². The number of oxazole rings is 1. The fourth-order valence-corrected chi connectivity index (χ4v) is 10.4. The third kappa shape index (κ3) is 10.5. The molecule has 4 aromatic heterocycles. The molecule has 0 spiro atoms. The summed E-state index contributed by atoms with van der Waals surface area (Å²) < 4.78 is 44.9. The number of alkyl halides is 2. The minimum absolute atomic E-state index is 0.00279. The molecule has 19 heteroatoms. The lowest BCUT2D eigenvalue weighted by atomic mass is 9.84. The lowest BCUT2D eigenvalue weighted by Gasteiger charge is -2.38. The first-order valence-electron chi connectivity index (χ1n) is 24.4. The molecule has 2 saturated heterocycles. The van der Waals surface area contributed by atoms with Gasteiger partial charge in [0.1, 0.15) is 12.3 Å². The summed E-state index contributed by atoms with van der Waals surface area (Å²) in [6.45, 7) is 7.07. The van der Waals surface area contributed by atoms with Crippen LogP contribution in [0.3, 0.4) is 0 Å². The maximum atomic E-state index is 14.2. The molecule has 3 amide bonds. The summed E-state index contributed by atoms with van der Waals surface area (Å²) in [5, 5.41) is 13.0. The Kier molecular flexibility index (Phi) is 13.7. The highest BCUT2D eigenvalue weighted by molar-refractivity contribution is 6.03. The Hall–Kier alpha value is -5.63. The van der Waals surface area contributed by atoms with E-state index in [9.17, 15) is 28.0 Å². The van der Waals surface area contributed by atoms with Gasteiger partial charge in [-0.25, -0.2) is 18.6 Å². The first-order valence-corrected chi connectivity index (χ1v) is 24.4. The third-order valence-electron chi connectivity index (χ3n) is 14.8. The predicted molar refractivity (Wildman–Crippen MR) is 248 cm³/mol. The second kappa shape index (κ2) is 20.1. The number of nitrogens with zero attached hydrogens (tertiary/aromatic N) is 8. The van der Waals surface area contributed by atoms with E-state index >= 15 is 0 Å². The number of aryl methyl sites for hydroxylation is 2. The lowest BCUT2D eigenvalue weighted by Crippen LogP contribution is -2.49.